The summed E-state index contributed by atoms with van der Waals surface area (Å²) in [5.74, 6) is -0.960. The minimum absolute atomic E-state index is 0.252. The molecular formula is C18H18O4. The second kappa shape index (κ2) is 7.41. The van der Waals surface area contributed by atoms with Crippen LogP contribution in [0.25, 0.3) is 0 Å². The highest BCUT2D eigenvalue weighted by Gasteiger charge is 2.28. The molecule has 0 bridgehead atoms. The zero-order valence-corrected chi connectivity index (χ0v) is 12.6. The van der Waals surface area contributed by atoms with Gasteiger partial charge in [-0.3, -0.25) is 9.59 Å². The largest absolute Gasteiger partial charge is 0.497 e. The van der Waals surface area contributed by atoms with Gasteiger partial charge in [-0.05, 0) is 36.2 Å². The van der Waals surface area contributed by atoms with Gasteiger partial charge in [0.2, 0.25) is 0 Å². The van der Waals surface area contributed by atoms with Crippen LogP contribution >= 0.6 is 0 Å². The minimum atomic E-state index is -0.846. The number of hydrogen-bond acceptors (Lipinski definition) is 4. The summed E-state index contributed by atoms with van der Waals surface area (Å²) in [7, 11) is 2.85. The summed E-state index contributed by atoms with van der Waals surface area (Å²) in [6, 6.07) is 16.1. The van der Waals surface area contributed by atoms with Crippen LogP contribution in [-0.2, 0) is 16.0 Å². The highest BCUT2D eigenvalue weighted by atomic mass is 16.5. The lowest BCUT2D eigenvalue weighted by atomic mass is 9.91. The lowest BCUT2D eigenvalue weighted by Crippen LogP contribution is -2.27. The zero-order chi connectivity index (χ0) is 15.9. The van der Waals surface area contributed by atoms with Gasteiger partial charge in [-0.15, -0.1) is 0 Å². The van der Waals surface area contributed by atoms with Crippen LogP contribution in [0.15, 0.2) is 54.6 Å². The Morgan fingerprint density at radius 3 is 2.14 bits per heavy atom. The third-order valence-electron chi connectivity index (χ3n) is 3.46. The van der Waals surface area contributed by atoms with E-state index in [4.69, 9.17) is 9.47 Å². The molecule has 4 nitrogen and oxygen atoms in total. The van der Waals surface area contributed by atoms with E-state index in [2.05, 4.69) is 0 Å². The normalized spacial score (nSPS) is 11.5. The number of hydrogen-bond donors (Lipinski definition) is 0. The Morgan fingerprint density at radius 2 is 1.59 bits per heavy atom. The number of benzene rings is 2. The second-order valence-electron chi connectivity index (χ2n) is 4.86. The highest BCUT2D eigenvalue weighted by Crippen LogP contribution is 2.19. The monoisotopic (exact) mass is 298 g/mol. The first-order valence-corrected chi connectivity index (χ1v) is 6.95. The molecule has 2 aromatic rings. The van der Waals surface area contributed by atoms with Crippen molar-refractivity contribution in [2.75, 3.05) is 14.2 Å². The maximum Gasteiger partial charge on any atom is 0.316 e. The van der Waals surface area contributed by atoms with E-state index in [1.807, 2.05) is 30.3 Å². The summed E-state index contributed by atoms with van der Waals surface area (Å²) in [5, 5.41) is 0. The number of carbonyl (C=O) groups is 2. The minimum Gasteiger partial charge on any atom is -0.497 e. The van der Waals surface area contributed by atoms with Gasteiger partial charge in [0.1, 0.15) is 11.7 Å². The average molecular weight is 298 g/mol. The number of methoxy groups -OCH3 is 2. The zero-order valence-electron chi connectivity index (χ0n) is 12.6. The molecule has 0 aliphatic heterocycles. The van der Waals surface area contributed by atoms with Gasteiger partial charge in [-0.2, -0.15) is 0 Å². The molecule has 0 aliphatic rings. The van der Waals surface area contributed by atoms with Crippen LogP contribution in [0.4, 0.5) is 0 Å². The average Bonchev–Trinajstić information content (AvgIpc) is 2.59. The van der Waals surface area contributed by atoms with Crippen molar-refractivity contribution in [2.45, 2.75) is 6.42 Å². The Morgan fingerprint density at radius 1 is 0.955 bits per heavy atom. The van der Waals surface area contributed by atoms with Crippen molar-refractivity contribution < 1.29 is 19.1 Å². The van der Waals surface area contributed by atoms with Gasteiger partial charge >= 0.3 is 5.97 Å². The van der Waals surface area contributed by atoms with Crippen LogP contribution in [0.1, 0.15) is 15.9 Å². The smallest absolute Gasteiger partial charge is 0.316 e. The third kappa shape index (κ3) is 3.73. The highest BCUT2D eigenvalue weighted by molar-refractivity contribution is 6.08. The Hall–Kier alpha value is -2.62. The molecule has 0 saturated heterocycles. The number of ether oxygens (including phenoxy) is 2. The van der Waals surface area contributed by atoms with Crippen molar-refractivity contribution in [3.63, 3.8) is 0 Å². The van der Waals surface area contributed by atoms with E-state index in [1.165, 1.54) is 7.11 Å². The van der Waals surface area contributed by atoms with Crippen molar-refractivity contribution in [3.8, 4) is 5.75 Å². The molecule has 4 heteroatoms. The predicted octanol–water partition coefficient (Wildman–Crippen LogP) is 2.91. The number of ketones is 1. The van der Waals surface area contributed by atoms with Gasteiger partial charge in [0, 0.05) is 5.56 Å². The molecule has 0 N–H and O–H groups in total. The Bertz CT molecular complexity index is 632. The number of rotatable bonds is 6. The van der Waals surface area contributed by atoms with Crippen molar-refractivity contribution in [2.24, 2.45) is 5.92 Å². The van der Waals surface area contributed by atoms with E-state index in [-0.39, 0.29) is 5.78 Å². The number of esters is 1. The van der Waals surface area contributed by atoms with Gasteiger partial charge in [0.05, 0.1) is 14.2 Å². The van der Waals surface area contributed by atoms with Gasteiger partial charge in [0.15, 0.2) is 5.78 Å². The fraction of sp³-hybridized carbons (Fsp3) is 0.222. The number of Topliss-reactive ketones (excluding diaryl/α,β-unsaturated/α-hetero) is 1. The van der Waals surface area contributed by atoms with E-state index >= 15 is 0 Å². The standard InChI is InChI=1S/C18H18O4/c1-21-15-10-8-14(9-11-15)17(19)16(18(20)22-2)12-13-6-4-3-5-7-13/h3-11,16H,12H2,1-2H3. The van der Waals surface area contributed by atoms with Crippen molar-refractivity contribution >= 4 is 11.8 Å². The summed E-state index contributed by atoms with van der Waals surface area (Å²) in [4.78, 5) is 24.6. The molecular weight excluding hydrogens is 280 g/mol. The van der Waals surface area contributed by atoms with Crippen LogP contribution in [0.5, 0.6) is 5.75 Å². The van der Waals surface area contributed by atoms with Crippen LogP contribution in [-0.4, -0.2) is 26.0 Å². The number of carbonyl (C=O) groups excluding carboxylic acids is 2. The van der Waals surface area contributed by atoms with Crippen molar-refractivity contribution in [1.29, 1.82) is 0 Å². The van der Waals surface area contributed by atoms with E-state index < -0.39 is 11.9 Å². The lowest BCUT2D eigenvalue weighted by molar-refractivity contribution is -0.143. The molecule has 114 valence electrons. The molecule has 0 aromatic heterocycles. The fourth-order valence-corrected chi connectivity index (χ4v) is 2.23. The topological polar surface area (TPSA) is 52.6 Å². The van der Waals surface area contributed by atoms with Crippen molar-refractivity contribution in [1.82, 2.24) is 0 Å². The van der Waals surface area contributed by atoms with Gasteiger partial charge in [-0.25, -0.2) is 0 Å². The van der Waals surface area contributed by atoms with Crippen molar-refractivity contribution in [3.05, 3.63) is 65.7 Å². The fourth-order valence-electron chi connectivity index (χ4n) is 2.23. The Labute approximate surface area is 129 Å². The van der Waals surface area contributed by atoms with Gasteiger partial charge in [0.25, 0.3) is 0 Å². The molecule has 2 rings (SSSR count). The molecule has 0 radical (unpaired) electrons. The van der Waals surface area contributed by atoms with Gasteiger partial charge in [-0.1, -0.05) is 30.3 Å². The Kier molecular flexibility index (Phi) is 5.31. The summed E-state index contributed by atoms with van der Waals surface area (Å²) in [6.45, 7) is 0. The second-order valence-corrected chi connectivity index (χ2v) is 4.86. The summed E-state index contributed by atoms with van der Waals surface area (Å²) in [5.41, 5.74) is 1.38. The quantitative estimate of drug-likeness (QED) is 0.467. The molecule has 0 spiro atoms. The maximum absolute atomic E-state index is 12.6. The van der Waals surface area contributed by atoms with E-state index in [1.54, 1.807) is 31.4 Å². The van der Waals surface area contributed by atoms with E-state index in [0.717, 1.165) is 5.56 Å². The summed E-state index contributed by atoms with van der Waals surface area (Å²) >= 11 is 0. The molecule has 1 unspecified atom stereocenters. The van der Waals surface area contributed by atoms with Gasteiger partial charge < -0.3 is 9.47 Å². The molecule has 0 heterocycles. The molecule has 0 aliphatic carbocycles. The SMILES string of the molecule is COC(=O)C(Cc1ccccc1)C(=O)c1ccc(OC)cc1. The molecule has 0 saturated carbocycles. The van der Waals surface area contributed by atoms with E-state index in [9.17, 15) is 9.59 Å². The van der Waals surface area contributed by atoms with Crippen LogP contribution in [0, 0.1) is 5.92 Å². The first-order chi connectivity index (χ1) is 10.7. The third-order valence-corrected chi connectivity index (χ3v) is 3.46. The lowest BCUT2D eigenvalue weighted by Gasteiger charge is -2.14. The van der Waals surface area contributed by atoms with E-state index in [0.29, 0.717) is 17.7 Å². The van der Waals surface area contributed by atoms with Crippen LogP contribution in [0.3, 0.4) is 0 Å². The summed E-state index contributed by atoms with van der Waals surface area (Å²) < 4.78 is 9.86. The molecule has 2 aromatic carbocycles. The molecule has 22 heavy (non-hydrogen) atoms. The maximum atomic E-state index is 12.6. The first-order valence-electron chi connectivity index (χ1n) is 6.95. The molecule has 0 fully saturated rings. The van der Waals surface area contributed by atoms with Crippen LogP contribution < -0.4 is 4.74 Å². The Balaban J connectivity index is 2.24. The summed E-state index contributed by atoms with van der Waals surface area (Å²) in [6.07, 6.45) is 0.318. The predicted molar refractivity (Wildman–Crippen MR) is 83.0 cm³/mol. The first kappa shape index (κ1) is 15.8. The molecule has 1 atom stereocenters. The molecule has 0 amide bonds. The van der Waals surface area contributed by atoms with Crippen LogP contribution in [0.2, 0.25) is 0 Å².